The molecule has 2 aromatic carbocycles. The number of esters is 1. The Hall–Kier alpha value is -1.94. The molecular weight excluding hydrogens is 284 g/mol. The highest BCUT2D eigenvalue weighted by Gasteiger charge is 2.21. The minimum absolute atomic E-state index is 0.206. The lowest BCUT2D eigenvalue weighted by molar-refractivity contribution is -0.141. The lowest BCUT2D eigenvalue weighted by Gasteiger charge is -2.14. The van der Waals surface area contributed by atoms with E-state index in [1.807, 2.05) is 54.6 Å². The standard InChI is InChI=1S/C17H18O3S/c1-19-14-8-10-15(11-9-14)21-12-16(17(18)20-2)13-6-4-3-5-7-13/h3-11,16H,12H2,1-2H3. The monoisotopic (exact) mass is 302 g/mol. The van der Waals surface area contributed by atoms with Crippen molar-refractivity contribution in [2.45, 2.75) is 10.8 Å². The van der Waals surface area contributed by atoms with Gasteiger partial charge in [-0.05, 0) is 29.8 Å². The fourth-order valence-corrected chi connectivity index (χ4v) is 3.00. The summed E-state index contributed by atoms with van der Waals surface area (Å²) in [6.07, 6.45) is 0. The van der Waals surface area contributed by atoms with E-state index in [9.17, 15) is 4.79 Å². The van der Waals surface area contributed by atoms with Crippen molar-refractivity contribution in [3.8, 4) is 5.75 Å². The largest absolute Gasteiger partial charge is 0.497 e. The Morgan fingerprint density at radius 2 is 1.71 bits per heavy atom. The van der Waals surface area contributed by atoms with E-state index in [0.29, 0.717) is 5.75 Å². The molecule has 1 atom stereocenters. The third-order valence-electron chi connectivity index (χ3n) is 3.16. The van der Waals surface area contributed by atoms with Crippen LogP contribution in [-0.2, 0) is 9.53 Å². The highest BCUT2D eigenvalue weighted by Crippen LogP contribution is 2.28. The Bertz CT molecular complexity index is 566. The Labute approximate surface area is 129 Å². The van der Waals surface area contributed by atoms with E-state index in [2.05, 4.69) is 0 Å². The second-order valence-corrected chi connectivity index (χ2v) is 5.57. The first-order valence-electron chi connectivity index (χ1n) is 6.64. The van der Waals surface area contributed by atoms with Gasteiger partial charge in [0, 0.05) is 10.6 Å². The van der Waals surface area contributed by atoms with Gasteiger partial charge in [0.05, 0.1) is 20.1 Å². The second kappa shape index (κ2) is 7.74. The maximum Gasteiger partial charge on any atom is 0.313 e. The molecule has 0 aliphatic heterocycles. The van der Waals surface area contributed by atoms with Crippen LogP contribution < -0.4 is 4.74 Å². The fraction of sp³-hybridized carbons (Fsp3) is 0.235. The zero-order valence-corrected chi connectivity index (χ0v) is 12.9. The predicted molar refractivity (Wildman–Crippen MR) is 84.9 cm³/mol. The summed E-state index contributed by atoms with van der Waals surface area (Å²) >= 11 is 1.63. The molecule has 0 amide bonds. The molecule has 2 aromatic rings. The summed E-state index contributed by atoms with van der Waals surface area (Å²) in [5, 5.41) is 0. The summed E-state index contributed by atoms with van der Waals surface area (Å²) in [7, 11) is 3.07. The van der Waals surface area contributed by atoms with E-state index in [-0.39, 0.29) is 11.9 Å². The molecule has 1 unspecified atom stereocenters. The molecule has 0 fully saturated rings. The van der Waals surface area contributed by atoms with Gasteiger partial charge in [-0.15, -0.1) is 11.8 Å². The van der Waals surface area contributed by atoms with Crippen molar-refractivity contribution >= 4 is 17.7 Å². The molecule has 0 aromatic heterocycles. The molecule has 0 aliphatic carbocycles. The van der Waals surface area contributed by atoms with Crippen LogP contribution in [0.4, 0.5) is 0 Å². The predicted octanol–water partition coefficient (Wildman–Crippen LogP) is 3.74. The fourth-order valence-electron chi connectivity index (χ4n) is 1.98. The first-order valence-corrected chi connectivity index (χ1v) is 7.62. The Balaban J connectivity index is 2.07. The quantitative estimate of drug-likeness (QED) is 0.601. The van der Waals surface area contributed by atoms with Gasteiger partial charge in [-0.3, -0.25) is 4.79 Å². The van der Waals surface area contributed by atoms with E-state index in [1.54, 1.807) is 18.9 Å². The van der Waals surface area contributed by atoms with Crippen LogP contribution in [-0.4, -0.2) is 25.9 Å². The molecule has 110 valence electrons. The van der Waals surface area contributed by atoms with Gasteiger partial charge in [0.2, 0.25) is 0 Å². The van der Waals surface area contributed by atoms with Gasteiger partial charge in [0.25, 0.3) is 0 Å². The number of methoxy groups -OCH3 is 2. The van der Waals surface area contributed by atoms with Crippen molar-refractivity contribution in [2.24, 2.45) is 0 Å². The van der Waals surface area contributed by atoms with Gasteiger partial charge in [0.15, 0.2) is 0 Å². The molecule has 0 aliphatic rings. The smallest absolute Gasteiger partial charge is 0.313 e. The van der Waals surface area contributed by atoms with Gasteiger partial charge in [-0.1, -0.05) is 30.3 Å². The van der Waals surface area contributed by atoms with Crippen LogP contribution in [0.1, 0.15) is 11.5 Å². The number of benzene rings is 2. The van der Waals surface area contributed by atoms with Crippen LogP contribution in [0.15, 0.2) is 59.5 Å². The number of hydrogen-bond donors (Lipinski definition) is 0. The van der Waals surface area contributed by atoms with E-state index >= 15 is 0 Å². The normalized spacial score (nSPS) is 11.7. The van der Waals surface area contributed by atoms with E-state index < -0.39 is 0 Å². The molecule has 0 saturated heterocycles. The van der Waals surface area contributed by atoms with Crippen LogP contribution in [0.25, 0.3) is 0 Å². The second-order valence-electron chi connectivity index (χ2n) is 4.47. The number of thioether (sulfide) groups is 1. The average molecular weight is 302 g/mol. The van der Waals surface area contributed by atoms with Gasteiger partial charge < -0.3 is 9.47 Å². The van der Waals surface area contributed by atoms with Gasteiger partial charge in [-0.2, -0.15) is 0 Å². The first kappa shape index (κ1) is 15.4. The summed E-state index contributed by atoms with van der Waals surface area (Å²) in [5.41, 5.74) is 0.977. The molecule has 21 heavy (non-hydrogen) atoms. The summed E-state index contributed by atoms with van der Waals surface area (Å²) in [6.45, 7) is 0. The Morgan fingerprint density at radius 3 is 2.29 bits per heavy atom. The lowest BCUT2D eigenvalue weighted by Crippen LogP contribution is -2.16. The molecule has 0 N–H and O–H groups in total. The Morgan fingerprint density at radius 1 is 1.05 bits per heavy atom. The van der Waals surface area contributed by atoms with Crippen molar-refractivity contribution in [3.05, 3.63) is 60.2 Å². The van der Waals surface area contributed by atoms with Crippen LogP contribution in [0, 0.1) is 0 Å². The average Bonchev–Trinajstić information content (AvgIpc) is 2.56. The molecule has 3 nitrogen and oxygen atoms in total. The zero-order valence-electron chi connectivity index (χ0n) is 12.1. The number of carbonyl (C=O) groups excluding carboxylic acids is 1. The lowest BCUT2D eigenvalue weighted by atomic mass is 10.0. The number of rotatable bonds is 6. The van der Waals surface area contributed by atoms with Crippen molar-refractivity contribution in [2.75, 3.05) is 20.0 Å². The summed E-state index contributed by atoms with van der Waals surface area (Å²) < 4.78 is 10.1. The van der Waals surface area contributed by atoms with Crippen LogP contribution in [0.2, 0.25) is 0 Å². The minimum atomic E-state index is -0.261. The van der Waals surface area contributed by atoms with Gasteiger partial charge in [0.1, 0.15) is 5.75 Å². The summed E-state index contributed by atoms with van der Waals surface area (Å²) in [5.74, 6) is 1.00. The molecule has 0 radical (unpaired) electrons. The molecule has 0 bridgehead atoms. The van der Waals surface area contributed by atoms with Crippen molar-refractivity contribution in [3.63, 3.8) is 0 Å². The van der Waals surface area contributed by atoms with Gasteiger partial charge in [-0.25, -0.2) is 0 Å². The topological polar surface area (TPSA) is 35.5 Å². The van der Waals surface area contributed by atoms with Crippen LogP contribution in [0.3, 0.4) is 0 Å². The SMILES string of the molecule is COC(=O)C(CSc1ccc(OC)cc1)c1ccccc1. The molecule has 0 spiro atoms. The van der Waals surface area contributed by atoms with E-state index in [1.165, 1.54) is 7.11 Å². The molecule has 0 saturated carbocycles. The zero-order chi connectivity index (χ0) is 15.1. The van der Waals surface area contributed by atoms with Crippen LogP contribution >= 0.6 is 11.8 Å². The van der Waals surface area contributed by atoms with Crippen LogP contribution in [0.5, 0.6) is 5.75 Å². The first-order chi connectivity index (χ1) is 10.2. The number of hydrogen-bond acceptors (Lipinski definition) is 4. The third kappa shape index (κ3) is 4.26. The molecule has 2 rings (SSSR count). The van der Waals surface area contributed by atoms with Gasteiger partial charge >= 0.3 is 5.97 Å². The van der Waals surface area contributed by atoms with E-state index in [4.69, 9.17) is 9.47 Å². The minimum Gasteiger partial charge on any atom is -0.497 e. The highest BCUT2D eigenvalue weighted by atomic mass is 32.2. The number of carbonyl (C=O) groups is 1. The molecule has 0 heterocycles. The van der Waals surface area contributed by atoms with Crippen molar-refractivity contribution in [1.29, 1.82) is 0 Å². The van der Waals surface area contributed by atoms with Crippen molar-refractivity contribution in [1.82, 2.24) is 0 Å². The maximum atomic E-state index is 12.0. The Kier molecular flexibility index (Phi) is 5.69. The van der Waals surface area contributed by atoms with Crippen molar-refractivity contribution < 1.29 is 14.3 Å². The third-order valence-corrected chi connectivity index (χ3v) is 4.27. The summed E-state index contributed by atoms with van der Waals surface area (Å²) in [4.78, 5) is 13.1. The number of ether oxygens (including phenoxy) is 2. The summed E-state index contributed by atoms with van der Waals surface area (Å²) in [6, 6.07) is 17.5. The van der Waals surface area contributed by atoms with E-state index in [0.717, 1.165) is 16.2 Å². The molecule has 4 heteroatoms. The molecular formula is C17H18O3S. The highest BCUT2D eigenvalue weighted by molar-refractivity contribution is 7.99. The maximum absolute atomic E-state index is 12.0.